The number of phenols is 1. The Hall–Kier alpha value is -3.32. The summed E-state index contributed by atoms with van der Waals surface area (Å²) < 4.78 is 0. The Kier molecular flexibility index (Phi) is 6.52. The van der Waals surface area contributed by atoms with Crippen molar-refractivity contribution in [3.8, 4) is 5.75 Å². The molecule has 0 unspecified atom stereocenters. The van der Waals surface area contributed by atoms with Crippen LogP contribution < -0.4 is 0 Å². The Morgan fingerprint density at radius 2 is 1.29 bits per heavy atom. The van der Waals surface area contributed by atoms with Gasteiger partial charge in [-0.2, -0.15) is 0 Å². The number of hydrogen-bond donors (Lipinski definition) is 1. The van der Waals surface area contributed by atoms with Crippen LogP contribution in [0.3, 0.4) is 0 Å². The molecule has 0 spiro atoms. The third-order valence-corrected chi connectivity index (χ3v) is 7.37. The van der Waals surface area contributed by atoms with Crippen molar-refractivity contribution in [2.75, 3.05) is 0 Å². The number of aryl methyl sites for hydroxylation is 2. The quantitative estimate of drug-likeness (QED) is 0.322. The molecule has 0 atom stereocenters. The Balaban J connectivity index is 0.000000145. The van der Waals surface area contributed by atoms with Crippen molar-refractivity contribution < 1.29 is 5.11 Å². The Morgan fingerprint density at radius 1 is 0.686 bits per heavy atom. The molecule has 4 aromatic carbocycles. The van der Waals surface area contributed by atoms with Gasteiger partial charge in [0.2, 0.25) is 0 Å². The van der Waals surface area contributed by atoms with E-state index < -0.39 is 0 Å². The van der Waals surface area contributed by atoms with Crippen molar-refractivity contribution in [3.63, 3.8) is 0 Å². The zero-order valence-corrected chi connectivity index (χ0v) is 21.5. The van der Waals surface area contributed by atoms with Crippen LogP contribution in [0.1, 0.15) is 73.9 Å². The third kappa shape index (κ3) is 4.41. The maximum Gasteiger partial charge on any atom is 0.123 e. The summed E-state index contributed by atoms with van der Waals surface area (Å²) >= 11 is 0. The van der Waals surface area contributed by atoms with E-state index in [0.717, 1.165) is 31.2 Å². The van der Waals surface area contributed by atoms with Gasteiger partial charge >= 0.3 is 0 Å². The topological polar surface area (TPSA) is 20.2 Å². The number of phenolic OH excluding ortho intramolecular Hbond substituents is 1. The molecule has 0 aliphatic heterocycles. The molecule has 1 nitrogen and oxygen atoms in total. The minimum Gasteiger partial charge on any atom is -0.507 e. The molecule has 4 aromatic rings. The van der Waals surface area contributed by atoms with Gasteiger partial charge in [0.05, 0.1) is 0 Å². The Bertz CT molecular complexity index is 1480. The molecule has 0 saturated carbocycles. The van der Waals surface area contributed by atoms with Gasteiger partial charge < -0.3 is 5.11 Å². The van der Waals surface area contributed by atoms with E-state index in [1.54, 1.807) is 0 Å². The lowest BCUT2D eigenvalue weighted by molar-refractivity contribution is 0.474. The van der Waals surface area contributed by atoms with Gasteiger partial charge in [-0.15, -0.1) is 0 Å². The number of hydrogen-bond acceptors (Lipinski definition) is 1. The van der Waals surface area contributed by atoms with Gasteiger partial charge in [-0.3, -0.25) is 0 Å². The van der Waals surface area contributed by atoms with Crippen LogP contribution in [0.4, 0.5) is 0 Å². The fourth-order valence-electron chi connectivity index (χ4n) is 5.95. The normalized spacial score (nSPS) is 13.8. The van der Waals surface area contributed by atoms with Crippen LogP contribution >= 0.6 is 0 Å². The highest BCUT2D eigenvalue weighted by atomic mass is 16.3. The molecule has 35 heavy (non-hydrogen) atoms. The van der Waals surface area contributed by atoms with E-state index in [-0.39, 0.29) is 0 Å². The second-order valence-corrected chi connectivity index (χ2v) is 10.3. The fraction of sp³-hybridized carbons (Fsp3) is 0.294. The third-order valence-electron chi connectivity index (χ3n) is 7.37. The minimum absolute atomic E-state index is 0.428. The molecule has 0 bridgehead atoms. The van der Waals surface area contributed by atoms with Gasteiger partial charge in [-0.25, -0.2) is 0 Å². The molecule has 0 amide bonds. The van der Waals surface area contributed by atoms with E-state index in [4.69, 9.17) is 0 Å². The summed E-state index contributed by atoms with van der Waals surface area (Å²) in [6.45, 7) is 8.78. The highest BCUT2D eigenvalue weighted by molar-refractivity contribution is 6.00. The number of allylic oxidation sites excluding steroid dienone is 2. The SMILES string of the molecule is CCCc1cc(O)c2c3c(cccc13)CC(C)=C2.CCCc1ccc2c3c(cccc13)CC(C)=C2. The van der Waals surface area contributed by atoms with Gasteiger partial charge in [0.15, 0.2) is 0 Å². The van der Waals surface area contributed by atoms with Crippen molar-refractivity contribution in [1.29, 1.82) is 0 Å². The van der Waals surface area contributed by atoms with E-state index in [9.17, 15) is 5.11 Å². The lowest BCUT2D eigenvalue weighted by Crippen LogP contribution is -1.99. The van der Waals surface area contributed by atoms with E-state index >= 15 is 0 Å². The van der Waals surface area contributed by atoms with Crippen LogP contribution in [0.15, 0.2) is 65.7 Å². The fourth-order valence-corrected chi connectivity index (χ4v) is 5.95. The van der Waals surface area contributed by atoms with Crippen LogP contribution in [-0.2, 0) is 25.7 Å². The standard InChI is InChI=1S/C17H18O.C17H18/c1-3-5-12-10-16(18)15-9-11(2)8-13-6-4-7-14(12)17(13)15;1-3-5-13-8-9-15-11-12(2)10-14-6-4-7-16(13)17(14)15/h4,6-7,9-10,18H,3,5,8H2,1-2H3;4,6-9,11H,3,5,10H2,1-2H3. The maximum atomic E-state index is 10.2. The maximum absolute atomic E-state index is 10.2. The highest BCUT2D eigenvalue weighted by Crippen LogP contribution is 2.39. The van der Waals surface area contributed by atoms with E-state index in [2.05, 4.69) is 88.4 Å². The lowest BCUT2D eigenvalue weighted by atomic mass is 9.86. The van der Waals surface area contributed by atoms with Gasteiger partial charge in [0.1, 0.15) is 5.75 Å². The number of benzene rings is 4. The molecule has 2 aliphatic rings. The van der Waals surface area contributed by atoms with Gasteiger partial charge in [-0.1, -0.05) is 98.5 Å². The predicted octanol–water partition coefficient (Wildman–Crippen LogP) is 9.21. The second-order valence-electron chi connectivity index (χ2n) is 10.3. The van der Waals surface area contributed by atoms with Gasteiger partial charge in [-0.05, 0) is 95.0 Å². The summed E-state index contributed by atoms with van der Waals surface area (Å²) in [6.07, 6.45) is 11.1. The zero-order chi connectivity index (χ0) is 24.5. The van der Waals surface area contributed by atoms with Crippen molar-refractivity contribution in [2.45, 2.75) is 66.2 Å². The molecule has 1 heteroatoms. The molecule has 0 radical (unpaired) electrons. The monoisotopic (exact) mass is 460 g/mol. The molecule has 6 rings (SSSR count). The number of aromatic hydroxyl groups is 1. The van der Waals surface area contributed by atoms with Crippen molar-refractivity contribution in [2.24, 2.45) is 0 Å². The molecule has 178 valence electrons. The van der Waals surface area contributed by atoms with Crippen LogP contribution in [0, 0.1) is 0 Å². The Labute approximate surface area is 209 Å². The summed E-state index contributed by atoms with van der Waals surface area (Å²) in [7, 11) is 0. The van der Waals surface area contributed by atoms with Crippen LogP contribution in [0.5, 0.6) is 5.75 Å². The van der Waals surface area contributed by atoms with E-state index in [1.165, 1.54) is 73.4 Å². The minimum atomic E-state index is 0.428. The van der Waals surface area contributed by atoms with Crippen molar-refractivity contribution >= 4 is 33.7 Å². The van der Waals surface area contributed by atoms with E-state index in [0.29, 0.717) is 5.75 Å². The largest absolute Gasteiger partial charge is 0.507 e. The number of rotatable bonds is 4. The first kappa shape index (κ1) is 23.4. The van der Waals surface area contributed by atoms with Crippen LogP contribution in [0.2, 0.25) is 0 Å². The molecule has 1 N–H and O–H groups in total. The lowest BCUT2D eigenvalue weighted by Gasteiger charge is -2.19. The first-order valence-electron chi connectivity index (χ1n) is 13.1. The summed E-state index contributed by atoms with van der Waals surface area (Å²) in [4.78, 5) is 0. The highest BCUT2D eigenvalue weighted by Gasteiger charge is 2.17. The molecular formula is C34H36O. The summed E-state index contributed by atoms with van der Waals surface area (Å²) in [6, 6.07) is 19.8. The van der Waals surface area contributed by atoms with Crippen LogP contribution in [0.25, 0.3) is 33.7 Å². The molecule has 0 saturated heterocycles. The van der Waals surface area contributed by atoms with Crippen LogP contribution in [-0.4, -0.2) is 5.11 Å². The molecule has 0 fully saturated rings. The summed E-state index contributed by atoms with van der Waals surface area (Å²) in [5.74, 6) is 0.428. The zero-order valence-electron chi connectivity index (χ0n) is 21.5. The average molecular weight is 461 g/mol. The van der Waals surface area contributed by atoms with Crippen molar-refractivity contribution in [1.82, 2.24) is 0 Å². The second kappa shape index (κ2) is 9.74. The molecule has 2 aliphatic carbocycles. The smallest absolute Gasteiger partial charge is 0.123 e. The summed E-state index contributed by atoms with van der Waals surface area (Å²) in [5, 5.41) is 15.8. The first-order valence-corrected chi connectivity index (χ1v) is 13.1. The Morgan fingerprint density at radius 3 is 1.97 bits per heavy atom. The average Bonchev–Trinajstić information content (AvgIpc) is 2.84. The van der Waals surface area contributed by atoms with Gasteiger partial charge in [0, 0.05) is 5.56 Å². The predicted molar refractivity (Wildman–Crippen MR) is 152 cm³/mol. The summed E-state index contributed by atoms with van der Waals surface area (Å²) in [5.41, 5.74) is 10.8. The molecular weight excluding hydrogens is 424 g/mol. The molecule has 0 heterocycles. The van der Waals surface area contributed by atoms with E-state index in [1.807, 2.05) is 6.07 Å². The van der Waals surface area contributed by atoms with Crippen molar-refractivity contribution in [3.05, 3.63) is 99.1 Å². The first-order chi connectivity index (χ1) is 17.0. The van der Waals surface area contributed by atoms with Gasteiger partial charge in [0.25, 0.3) is 0 Å². The molecule has 0 aromatic heterocycles.